The van der Waals surface area contributed by atoms with E-state index in [0.29, 0.717) is 5.82 Å². The summed E-state index contributed by atoms with van der Waals surface area (Å²) < 4.78 is 1.74. The Hall–Kier alpha value is -1.91. The third-order valence-electron chi connectivity index (χ3n) is 2.62. The molecule has 0 aliphatic carbocycles. The lowest BCUT2D eigenvalue weighted by atomic mass is 10.2. The Labute approximate surface area is 101 Å². The molecule has 2 aromatic heterocycles. The van der Waals surface area contributed by atoms with E-state index in [1.807, 2.05) is 33.9 Å². The zero-order valence-electron chi connectivity index (χ0n) is 10.6. The molecule has 0 aliphatic heterocycles. The fraction of sp³-hybridized carbons (Fsp3) is 0.417. The van der Waals surface area contributed by atoms with E-state index in [0.717, 1.165) is 22.8 Å². The third-order valence-corrected chi connectivity index (χ3v) is 2.62. The molecule has 0 spiro atoms. The van der Waals surface area contributed by atoms with Gasteiger partial charge in [-0.25, -0.2) is 14.6 Å². The fourth-order valence-electron chi connectivity index (χ4n) is 1.55. The van der Waals surface area contributed by atoms with Gasteiger partial charge in [0.15, 0.2) is 5.82 Å². The van der Waals surface area contributed by atoms with Crippen molar-refractivity contribution in [1.82, 2.24) is 19.7 Å². The third kappa shape index (κ3) is 2.13. The average molecular weight is 231 g/mol. The molecule has 0 saturated carbocycles. The topological polar surface area (TPSA) is 69.6 Å². The average Bonchev–Trinajstić information content (AvgIpc) is 2.68. The summed E-state index contributed by atoms with van der Waals surface area (Å²) in [5.74, 6) is 2.27. The normalized spacial score (nSPS) is 11.1. The molecular weight excluding hydrogens is 214 g/mol. The van der Waals surface area contributed by atoms with Crippen LogP contribution in [-0.2, 0) is 0 Å². The molecule has 17 heavy (non-hydrogen) atoms. The molecule has 2 rings (SSSR count). The maximum absolute atomic E-state index is 5.91. The van der Waals surface area contributed by atoms with Gasteiger partial charge in [-0.1, -0.05) is 13.8 Å². The molecule has 0 fully saturated rings. The van der Waals surface area contributed by atoms with Crippen molar-refractivity contribution in [3.05, 3.63) is 29.3 Å². The van der Waals surface area contributed by atoms with Gasteiger partial charge in [0.25, 0.3) is 0 Å². The van der Waals surface area contributed by atoms with Gasteiger partial charge in [0.05, 0.1) is 6.20 Å². The summed E-state index contributed by atoms with van der Waals surface area (Å²) >= 11 is 0. The fourth-order valence-corrected chi connectivity index (χ4v) is 1.55. The Morgan fingerprint density at radius 2 is 1.94 bits per heavy atom. The number of aryl methyl sites for hydroxylation is 1. The Balaban J connectivity index is 2.60. The first-order chi connectivity index (χ1) is 7.99. The van der Waals surface area contributed by atoms with E-state index >= 15 is 0 Å². The molecule has 90 valence electrons. The highest BCUT2D eigenvalue weighted by molar-refractivity contribution is 5.48. The van der Waals surface area contributed by atoms with Crippen LogP contribution in [0.15, 0.2) is 12.4 Å². The van der Waals surface area contributed by atoms with Gasteiger partial charge in [-0.05, 0) is 19.4 Å². The van der Waals surface area contributed by atoms with Crippen molar-refractivity contribution >= 4 is 5.82 Å². The molecular formula is C12H17N5. The van der Waals surface area contributed by atoms with E-state index in [-0.39, 0.29) is 5.92 Å². The van der Waals surface area contributed by atoms with E-state index in [1.54, 1.807) is 10.9 Å². The molecule has 2 heterocycles. The second-order valence-corrected chi connectivity index (χ2v) is 4.53. The Morgan fingerprint density at radius 1 is 1.24 bits per heavy atom. The number of aromatic nitrogens is 4. The van der Waals surface area contributed by atoms with Crippen LogP contribution in [0.25, 0.3) is 5.82 Å². The monoisotopic (exact) mass is 231 g/mol. The highest BCUT2D eigenvalue weighted by Gasteiger charge is 2.13. The lowest BCUT2D eigenvalue weighted by Gasteiger charge is -2.11. The summed E-state index contributed by atoms with van der Waals surface area (Å²) in [4.78, 5) is 8.82. The van der Waals surface area contributed by atoms with Crippen LogP contribution in [0.4, 0.5) is 5.82 Å². The van der Waals surface area contributed by atoms with E-state index in [9.17, 15) is 0 Å². The summed E-state index contributed by atoms with van der Waals surface area (Å²) in [6.07, 6.45) is 3.73. The van der Waals surface area contributed by atoms with Crippen LogP contribution in [-0.4, -0.2) is 19.7 Å². The molecule has 0 saturated heterocycles. The minimum absolute atomic E-state index is 0.244. The van der Waals surface area contributed by atoms with Gasteiger partial charge in [0, 0.05) is 17.7 Å². The molecule has 2 aromatic rings. The predicted octanol–water partition coefficient (Wildman–Crippen LogP) is 1.98. The molecule has 0 atom stereocenters. The van der Waals surface area contributed by atoms with Crippen LogP contribution < -0.4 is 5.73 Å². The zero-order chi connectivity index (χ0) is 12.6. The van der Waals surface area contributed by atoms with Crippen LogP contribution in [0.1, 0.15) is 36.7 Å². The maximum Gasteiger partial charge on any atom is 0.162 e. The molecule has 5 nitrogen and oxygen atoms in total. The van der Waals surface area contributed by atoms with Gasteiger partial charge >= 0.3 is 0 Å². The lowest BCUT2D eigenvalue weighted by molar-refractivity contribution is 0.743. The summed E-state index contributed by atoms with van der Waals surface area (Å²) in [6, 6.07) is 0. The number of nitrogens with zero attached hydrogens (tertiary/aromatic N) is 4. The highest BCUT2D eigenvalue weighted by Crippen LogP contribution is 2.19. The van der Waals surface area contributed by atoms with Crippen molar-refractivity contribution in [2.75, 3.05) is 5.73 Å². The van der Waals surface area contributed by atoms with Crippen LogP contribution in [0, 0.1) is 13.8 Å². The first kappa shape index (κ1) is 11.6. The molecule has 0 aromatic carbocycles. The summed E-state index contributed by atoms with van der Waals surface area (Å²) in [5.41, 5.74) is 7.86. The smallest absolute Gasteiger partial charge is 0.162 e. The standard InChI is InChI=1S/C12H17N5/c1-7(2)11-15-10(13)9(4)12(16-11)17-6-8(3)5-14-17/h5-7H,1-4H3,(H2,13,15,16). The second kappa shape index (κ2) is 4.16. The first-order valence-corrected chi connectivity index (χ1v) is 5.64. The number of nitrogens with two attached hydrogens (primary N) is 1. The number of rotatable bonds is 2. The van der Waals surface area contributed by atoms with Crippen molar-refractivity contribution in [2.45, 2.75) is 33.6 Å². The molecule has 5 heteroatoms. The summed E-state index contributed by atoms with van der Waals surface area (Å²) in [6.45, 7) is 7.99. The Bertz CT molecular complexity index is 542. The molecule has 2 N–H and O–H groups in total. The second-order valence-electron chi connectivity index (χ2n) is 4.53. The minimum atomic E-state index is 0.244. The maximum atomic E-state index is 5.91. The van der Waals surface area contributed by atoms with E-state index < -0.39 is 0 Å². The van der Waals surface area contributed by atoms with Crippen LogP contribution >= 0.6 is 0 Å². The highest BCUT2D eigenvalue weighted by atomic mass is 15.3. The van der Waals surface area contributed by atoms with Crippen LogP contribution in [0.2, 0.25) is 0 Å². The number of nitrogen functional groups attached to an aromatic ring is 1. The van der Waals surface area contributed by atoms with Crippen molar-refractivity contribution < 1.29 is 0 Å². The number of hydrogen-bond acceptors (Lipinski definition) is 4. The van der Waals surface area contributed by atoms with Crippen LogP contribution in [0.5, 0.6) is 0 Å². The molecule has 0 bridgehead atoms. The van der Waals surface area contributed by atoms with Crippen molar-refractivity contribution in [3.63, 3.8) is 0 Å². The summed E-state index contributed by atoms with van der Waals surface area (Å²) in [5, 5.41) is 4.26. The largest absolute Gasteiger partial charge is 0.383 e. The Kier molecular flexibility index (Phi) is 2.83. The quantitative estimate of drug-likeness (QED) is 0.858. The van der Waals surface area contributed by atoms with E-state index in [2.05, 4.69) is 15.1 Å². The lowest BCUT2D eigenvalue weighted by Crippen LogP contribution is -2.10. The predicted molar refractivity (Wildman–Crippen MR) is 67.1 cm³/mol. The van der Waals surface area contributed by atoms with E-state index in [1.165, 1.54) is 0 Å². The minimum Gasteiger partial charge on any atom is -0.383 e. The Morgan fingerprint density at radius 3 is 2.47 bits per heavy atom. The first-order valence-electron chi connectivity index (χ1n) is 5.64. The number of anilines is 1. The van der Waals surface area contributed by atoms with Crippen molar-refractivity contribution in [2.24, 2.45) is 0 Å². The number of hydrogen-bond donors (Lipinski definition) is 1. The molecule has 0 radical (unpaired) electrons. The SMILES string of the molecule is Cc1cnn(-c2nc(C(C)C)nc(N)c2C)c1. The van der Waals surface area contributed by atoms with Gasteiger partial charge in [-0.3, -0.25) is 0 Å². The van der Waals surface area contributed by atoms with Gasteiger partial charge in [-0.2, -0.15) is 5.10 Å². The zero-order valence-corrected chi connectivity index (χ0v) is 10.6. The van der Waals surface area contributed by atoms with Crippen molar-refractivity contribution in [3.8, 4) is 5.82 Å². The molecule has 0 aliphatic rings. The van der Waals surface area contributed by atoms with Gasteiger partial charge in [-0.15, -0.1) is 0 Å². The van der Waals surface area contributed by atoms with E-state index in [4.69, 9.17) is 5.73 Å². The molecule has 0 amide bonds. The van der Waals surface area contributed by atoms with Crippen molar-refractivity contribution in [1.29, 1.82) is 0 Å². The van der Waals surface area contributed by atoms with Gasteiger partial charge in [0.2, 0.25) is 0 Å². The van der Waals surface area contributed by atoms with Gasteiger partial charge < -0.3 is 5.73 Å². The van der Waals surface area contributed by atoms with Crippen LogP contribution in [0.3, 0.4) is 0 Å². The molecule has 0 unspecified atom stereocenters. The summed E-state index contributed by atoms with van der Waals surface area (Å²) in [7, 11) is 0. The van der Waals surface area contributed by atoms with Gasteiger partial charge in [0.1, 0.15) is 11.6 Å².